The maximum Gasteiger partial charge on any atom is 0.316 e. The number of halogens is 1. The van der Waals surface area contributed by atoms with Crippen molar-refractivity contribution in [2.75, 3.05) is 6.61 Å². The second-order valence-electron chi connectivity index (χ2n) is 4.89. The van der Waals surface area contributed by atoms with E-state index in [1.807, 2.05) is 0 Å². The largest absolute Gasteiger partial charge is 0.465 e. The second-order valence-corrected chi connectivity index (χ2v) is 5.85. The van der Waals surface area contributed by atoms with Crippen LogP contribution in [0.2, 0.25) is 0 Å². The molecule has 2 unspecified atom stereocenters. The van der Waals surface area contributed by atoms with Gasteiger partial charge in [-0.25, -0.2) is 0 Å². The van der Waals surface area contributed by atoms with Crippen molar-refractivity contribution in [1.29, 1.82) is 5.26 Å². The number of nitrogens with zero attached hydrogens (tertiary/aromatic N) is 1. The third-order valence-electron chi connectivity index (χ3n) is 3.62. The van der Waals surface area contributed by atoms with Crippen molar-refractivity contribution in [1.82, 2.24) is 0 Å². The molecule has 2 atom stereocenters. The molecule has 4 nitrogen and oxygen atoms in total. The highest BCUT2D eigenvalue weighted by molar-refractivity contribution is 9.11. The van der Waals surface area contributed by atoms with Crippen molar-refractivity contribution in [3.05, 3.63) is 35.4 Å². The molecule has 0 saturated heterocycles. The van der Waals surface area contributed by atoms with E-state index in [9.17, 15) is 14.9 Å². The molecule has 0 spiro atoms. The topological polar surface area (TPSA) is 67.2 Å². The Labute approximate surface area is 133 Å². The molecule has 0 aromatic rings. The van der Waals surface area contributed by atoms with Crippen LogP contribution >= 0.6 is 15.9 Å². The van der Waals surface area contributed by atoms with Crippen LogP contribution < -0.4 is 0 Å². The Hall–Kier alpha value is -1.67. The van der Waals surface area contributed by atoms with E-state index in [1.54, 1.807) is 19.1 Å². The molecule has 0 aliphatic heterocycles. The van der Waals surface area contributed by atoms with Crippen molar-refractivity contribution in [2.45, 2.75) is 26.2 Å². The highest BCUT2D eigenvalue weighted by Crippen LogP contribution is 2.47. The summed E-state index contributed by atoms with van der Waals surface area (Å²) in [6.07, 6.45) is 3.91. The van der Waals surface area contributed by atoms with Crippen molar-refractivity contribution >= 4 is 27.7 Å². The first kappa shape index (κ1) is 17.4. The van der Waals surface area contributed by atoms with Gasteiger partial charge in [0.2, 0.25) is 0 Å². The average Bonchev–Trinajstić information content (AvgIpc) is 2.46. The van der Waals surface area contributed by atoms with Gasteiger partial charge >= 0.3 is 5.97 Å². The maximum atomic E-state index is 12.0. The molecule has 0 N–H and O–H groups in total. The smallest absolute Gasteiger partial charge is 0.316 e. The molecule has 1 rings (SSSR count). The third kappa shape index (κ3) is 3.70. The number of ether oxygens (including phenoxy) is 1. The van der Waals surface area contributed by atoms with Crippen molar-refractivity contribution < 1.29 is 14.3 Å². The number of rotatable bonds is 5. The molecule has 0 amide bonds. The molecule has 0 aromatic heterocycles. The van der Waals surface area contributed by atoms with Gasteiger partial charge in [0, 0.05) is 10.9 Å². The number of allylic oxidation sites excluding steroid dienone is 4. The summed E-state index contributed by atoms with van der Waals surface area (Å²) >= 11 is 3.29. The van der Waals surface area contributed by atoms with Gasteiger partial charge in [-0.2, -0.15) is 5.26 Å². The summed E-state index contributed by atoms with van der Waals surface area (Å²) < 4.78 is 5.50. The minimum absolute atomic E-state index is 0.117. The summed E-state index contributed by atoms with van der Waals surface area (Å²) in [5, 5.41) is 9.65. The summed E-state index contributed by atoms with van der Waals surface area (Å²) in [5.74, 6) is -1.61. The standard InChI is InChI=1S/C16H18BrNO3/c1-4-6-13(11(3)17)16(10-18)8-7-14(19)12(9-16)15(20)21-5-2/h4,6,12H,1,3,5,7-9H2,2H3/b13-6+. The van der Waals surface area contributed by atoms with Crippen LogP contribution in [0.25, 0.3) is 0 Å². The van der Waals surface area contributed by atoms with Gasteiger partial charge in [0.05, 0.1) is 18.1 Å². The molecular weight excluding hydrogens is 334 g/mol. The van der Waals surface area contributed by atoms with Gasteiger partial charge in [0.1, 0.15) is 11.7 Å². The lowest BCUT2D eigenvalue weighted by molar-refractivity contribution is -0.154. The van der Waals surface area contributed by atoms with Crippen LogP contribution in [0, 0.1) is 22.7 Å². The van der Waals surface area contributed by atoms with Crippen LogP contribution in [0.15, 0.2) is 35.4 Å². The number of carbonyl (C=O) groups excluding carboxylic acids is 2. The van der Waals surface area contributed by atoms with Crippen molar-refractivity contribution in [3.8, 4) is 6.07 Å². The highest BCUT2D eigenvalue weighted by Gasteiger charge is 2.46. The van der Waals surface area contributed by atoms with E-state index in [0.29, 0.717) is 16.5 Å². The number of ketones is 1. The Morgan fingerprint density at radius 3 is 2.81 bits per heavy atom. The summed E-state index contributed by atoms with van der Waals surface area (Å²) in [6.45, 7) is 9.35. The van der Waals surface area contributed by atoms with E-state index in [-0.39, 0.29) is 25.2 Å². The van der Waals surface area contributed by atoms with Crippen LogP contribution in [-0.4, -0.2) is 18.4 Å². The Morgan fingerprint density at radius 1 is 1.67 bits per heavy atom. The fraction of sp³-hybridized carbons (Fsp3) is 0.438. The van der Waals surface area contributed by atoms with E-state index >= 15 is 0 Å². The fourth-order valence-corrected chi connectivity index (χ4v) is 3.08. The molecule has 1 saturated carbocycles. The van der Waals surface area contributed by atoms with E-state index < -0.39 is 17.3 Å². The van der Waals surface area contributed by atoms with E-state index in [4.69, 9.17) is 4.74 Å². The molecule has 0 heterocycles. The molecule has 5 heteroatoms. The number of hydrogen-bond donors (Lipinski definition) is 0. The number of nitriles is 1. The number of esters is 1. The predicted molar refractivity (Wildman–Crippen MR) is 83.4 cm³/mol. The zero-order valence-electron chi connectivity index (χ0n) is 12.0. The van der Waals surface area contributed by atoms with Crippen LogP contribution in [0.5, 0.6) is 0 Å². The molecule has 1 fully saturated rings. The summed E-state index contributed by atoms with van der Waals surface area (Å²) in [4.78, 5) is 23.9. The minimum atomic E-state index is -0.930. The summed E-state index contributed by atoms with van der Waals surface area (Å²) in [5.41, 5.74) is -0.276. The number of carbonyl (C=O) groups is 2. The van der Waals surface area contributed by atoms with Gasteiger partial charge in [0.25, 0.3) is 0 Å². The quantitative estimate of drug-likeness (QED) is 0.432. The van der Waals surface area contributed by atoms with E-state index in [1.165, 1.54) is 0 Å². The van der Waals surface area contributed by atoms with E-state index in [0.717, 1.165) is 0 Å². The van der Waals surface area contributed by atoms with Crippen LogP contribution in [0.4, 0.5) is 0 Å². The molecule has 1 aliphatic carbocycles. The zero-order valence-corrected chi connectivity index (χ0v) is 13.6. The zero-order chi connectivity index (χ0) is 16.0. The Balaban J connectivity index is 3.20. The lowest BCUT2D eigenvalue weighted by Gasteiger charge is -2.35. The number of Topliss-reactive ketones (excluding diaryl/α,β-unsaturated/α-hetero) is 1. The molecule has 112 valence electrons. The first-order valence-corrected chi connectivity index (χ1v) is 7.49. The lowest BCUT2D eigenvalue weighted by Crippen LogP contribution is -2.39. The second kappa shape index (κ2) is 7.37. The lowest BCUT2D eigenvalue weighted by atomic mass is 9.65. The van der Waals surface area contributed by atoms with Gasteiger partial charge < -0.3 is 4.74 Å². The van der Waals surface area contributed by atoms with Crippen LogP contribution in [0.1, 0.15) is 26.2 Å². The van der Waals surface area contributed by atoms with Gasteiger partial charge in [-0.3, -0.25) is 9.59 Å². The highest BCUT2D eigenvalue weighted by atomic mass is 79.9. The van der Waals surface area contributed by atoms with Crippen LogP contribution in [0.3, 0.4) is 0 Å². The molecular formula is C16H18BrNO3. The van der Waals surface area contributed by atoms with Gasteiger partial charge in [-0.05, 0) is 25.3 Å². The summed E-state index contributed by atoms with van der Waals surface area (Å²) in [7, 11) is 0. The van der Waals surface area contributed by atoms with Gasteiger partial charge in [-0.1, -0.05) is 41.2 Å². The predicted octanol–water partition coefficient (Wildman–Crippen LogP) is 3.45. The molecule has 0 radical (unpaired) electrons. The normalized spacial score (nSPS) is 25.9. The molecule has 0 aromatic carbocycles. The van der Waals surface area contributed by atoms with E-state index in [2.05, 4.69) is 35.2 Å². The third-order valence-corrected chi connectivity index (χ3v) is 4.04. The Morgan fingerprint density at radius 2 is 2.33 bits per heavy atom. The fourth-order valence-electron chi connectivity index (χ4n) is 2.57. The average molecular weight is 352 g/mol. The monoisotopic (exact) mass is 351 g/mol. The molecule has 0 bridgehead atoms. The summed E-state index contributed by atoms with van der Waals surface area (Å²) in [6, 6.07) is 2.26. The van der Waals surface area contributed by atoms with Crippen molar-refractivity contribution in [2.24, 2.45) is 11.3 Å². The Bertz CT molecular complexity index is 544. The van der Waals surface area contributed by atoms with Gasteiger partial charge in [0.15, 0.2) is 0 Å². The molecule has 1 aliphatic rings. The minimum Gasteiger partial charge on any atom is -0.465 e. The number of hydrogen-bond acceptors (Lipinski definition) is 4. The first-order valence-electron chi connectivity index (χ1n) is 6.70. The molecule has 21 heavy (non-hydrogen) atoms. The first-order chi connectivity index (χ1) is 9.91. The maximum absolute atomic E-state index is 12.0. The van der Waals surface area contributed by atoms with Crippen LogP contribution in [-0.2, 0) is 14.3 Å². The SMILES string of the molecule is C=C/C=C(\C(=C)Br)C1(C#N)CCC(=O)C(C(=O)OCC)C1. The Kier molecular flexibility index (Phi) is 6.10. The van der Waals surface area contributed by atoms with Crippen molar-refractivity contribution in [3.63, 3.8) is 0 Å². The van der Waals surface area contributed by atoms with Gasteiger partial charge in [-0.15, -0.1) is 0 Å².